The largest absolute Gasteiger partial charge is 0.339 e. The van der Waals surface area contributed by atoms with E-state index >= 15 is 0 Å². The van der Waals surface area contributed by atoms with E-state index in [1.165, 1.54) is 11.0 Å². The molecule has 0 saturated carbocycles. The highest BCUT2D eigenvalue weighted by Crippen LogP contribution is 2.23. The van der Waals surface area contributed by atoms with Crippen LogP contribution in [0.2, 0.25) is 0 Å². The smallest absolute Gasteiger partial charge is 0.253 e. The fraction of sp³-hybridized carbons (Fsp3) is 0.316. The Morgan fingerprint density at radius 1 is 1.00 bits per heavy atom. The Morgan fingerprint density at radius 3 is 2.27 bits per heavy atom. The van der Waals surface area contributed by atoms with Gasteiger partial charge in [0.25, 0.3) is 5.91 Å². The lowest BCUT2D eigenvalue weighted by atomic mass is 10.1. The summed E-state index contributed by atoms with van der Waals surface area (Å²) in [6.07, 6.45) is 0.676. The maximum atomic E-state index is 13.3. The van der Waals surface area contributed by atoms with E-state index in [1.807, 2.05) is 6.07 Å². The van der Waals surface area contributed by atoms with Gasteiger partial charge in [-0.3, -0.25) is 4.79 Å². The Hall–Kier alpha value is -2.28. The number of carbonyl (C=O) groups excluding carboxylic acids is 1. The third-order valence-electron chi connectivity index (χ3n) is 4.61. The molecule has 0 N–H and O–H groups in total. The number of rotatable bonds is 4. The van der Waals surface area contributed by atoms with E-state index in [2.05, 4.69) is 0 Å². The zero-order valence-corrected chi connectivity index (χ0v) is 14.9. The molecule has 1 heterocycles. The first-order chi connectivity index (χ1) is 12.4. The van der Waals surface area contributed by atoms with Gasteiger partial charge in [0.05, 0.1) is 11.0 Å². The number of piperidine rings is 1. The predicted octanol–water partition coefficient (Wildman–Crippen LogP) is 3.18. The first-order valence-electron chi connectivity index (χ1n) is 8.36. The third-order valence-corrected chi connectivity index (χ3v) is 6.84. The van der Waals surface area contributed by atoms with Gasteiger partial charge < -0.3 is 4.90 Å². The van der Waals surface area contributed by atoms with Crippen molar-refractivity contribution >= 4 is 15.7 Å². The van der Waals surface area contributed by atoms with Crippen LogP contribution in [0.3, 0.4) is 0 Å². The van der Waals surface area contributed by atoms with E-state index < -0.39 is 32.6 Å². The molecule has 2 aromatic rings. The normalized spacial score (nSPS) is 15.8. The van der Waals surface area contributed by atoms with Crippen molar-refractivity contribution in [1.82, 2.24) is 4.90 Å². The molecular weight excluding hydrogens is 360 g/mol. The number of hydrogen-bond donors (Lipinski definition) is 0. The number of hydrogen-bond acceptors (Lipinski definition) is 3. The maximum absolute atomic E-state index is 13.3. The van der Waals surface area contributed by atoms with Crippen LogP contribution in [0.4, 0.5) is 8.78 Å². The van der Waals surface area contributed by atoms with Crippen molar-refractivity contribution in [3.8, 4) is 0 Å². The van der Waals surface area contributed by atoms with Crippen LogP contribution >= 0.6 is 0 Å². The van der Waals surface area contributed by atoms with Gasteiger partial charge in [-0.2, -0.15) is 0 Å². The van der Waals surface area contributed by atoms with Crippen molar-refractivity contribution in [3.63, 3.8) is 0 Å². The van der Waals surface area contributed by atoms with E-state index in [0.29, 0.717) is 12.8 Å². The van der Waals surface area contributed by atoms with Gasteiger partial charge in [0.15, 0.2) is 21.5 Å². The molecule has 1 saturated heterocycles. The Kier molecular flexibility index (Phi) is 5.36. The summed E-state index contributed by atoms with van der Waals surface area (Å²) in [6.45, 7) is 0.549. The third kappa shape index (κ3) is 4.09. The van der Waals surface area contributed by atoms with Crippen molar-refractivity contribution in [3.05, 3.63) is 71.3 Å². The number of likely N-dealkylation sites (tertiary alicyclic amines) is 1. The summed E-state index contributed by atoms with van der Waals surface area (Å²) in [6, 6.07) is 12.0. The minimum absolute atomic E-state index is 0.0182. The standard InChI is InChI=1S/C19H19F2NO3S/c20-17-7-6-15(12-18(17)21)19(23)22-10-8-16(9-11-22)26(24,25)13-14-4-2-1-3-5-14/h1-7,12,16H,8-11,13H2. The molecule has 0 bridgehead atoms. The molecule has 0 spiro atoms. The number of carbonyl (C=O) groups is 1. The van der Waals surface area contributed by atoms with E-state index in [4.69, 9.17) is 0 Å². The molecule has 0 radical (unpaired) electrons. The highest BCUT2D eigenvalue weighted by atomic mass is 32.2. The quantitative estimate of drug-likeness (QED) is 0.820. The van der Waals surface area contributed by atoms with Crippen LogP contribution in [0.1, 0.15) is 28.8 Å². The van der Waals surface area contributed by atoms with Gasteiger partial charge >= 0.3 is 0 Å². The Morgan fingerprint density at radius 2 is 1.65 bits per heavy atom. The first kappa shape index (κ1) is 18.5. The zero-order chi connectivity index (χ0) is 18.7. The number of benzene rings is 2. The molecule has 0 unspecified atom stereocenters. The van der Waals surface area contributed by atoms with Crippen molar-refractivity contribution in [2.45, 2.75) is 23.8 Å². The van der Waals surface area contributed by atoms with Crippen LogP contribution in [-0.2, 0) is 15.6 Å². The zero-order valence-electron chi connectivity index (χ0n) is 14.1. The van der Waals surface area contributed by atoms with Crippen LogP contribution in [0.15, 0.2) is 48.5 Å². The summed E-state index contributed by atoms with van der Waals surface area (Å²) in [7, 11) is -3.31. The Balaban J connectivity index is 1.63. The summed E-state index contributed by atoms with van der Waals surface area (Å²) in [5, 5.41) is -0.503. The van der Waals surface area contributed by atoms with Crippen LogP contribution < -0.4 is 0 Å². The highest BCUT2D eigenvalue weighted by Gasteiger charge is 2.32. The molecular formula is C19H19F2NO3S. The summed E-state index contributed by atoms with van der Waals surface area (Å²) in [5.41, 5.74) is 0.808. The highest BCUT2D eigenvalue weighted by molar-refractivity contribution is 7.91. The molecule has 3 rings (SSSR count). The Bertz CT molecular complexity index is 892. The molecule has 4 nitrogen and oxygen atoms in total. The lowest BCUT2D eigenvalue weighted by molar-refractivity contribution is 0.0725. The van der Waals surface area contributed by atoms with E-state index in [1.54, 1.807) is 24.3 Å². The molecule has 1 aliphatic rings. The van der Waals surface area contributed by atoms with Crippen molar-refractivity contribution in [2.24, 2.45) is 0 Å². The number of halogens is 2. The van der Waals surface area contributed by atoms with Gasteiger partial charge in [0.2, 0.25) is 0 Å². The number of amides is 1. The molecule has 1 fully saturated rings. The van der Waals surface area contributed by atoms with Crippen molar-refractivity contribution < 1.29 is 22.0 Å². The molecule has 0 aromatic heterocycles. The molecule has 7 heteroatoms. The molecule has 1 amide bonds. The van der Waals surface area contributed by atoms with Crippen LogP contribution in [0.25, 0.3) is 0 Å². The minimum atomic E-state index is -3.31. The van der Waals surface area contributed by atoms with E-state index in [0.717, 1.165) is 17.7 Å². The second-order valence-electron chi connectivity index (χ2n) is 6.41. The SMILES string of the molecule is O=C(c1ccc(F)c(F)c1)N1CCC(S(=O)(=O)Cc2ccccc2)CC1. The summed E-state index contributed by atoms with van der Waals surface area (Å²) in [4.78, 5) is 13.9. The van der Waals surface area contributed by atoms with E-state index in [9.17, 15) is 22.0 Å². The van der Waals surface area contributed by atoms with Crippen molar-refractivity contribution in [1.29, 1.82) is 0 Å². The summed E-state index contributed by atoms with van der Waals surface area (Å²) < 4.78 is 51.5. The van der Waals surface area contributed by atoms with Crippen LogP contribution in [0, 0.1) is 11.6 Å². The molecule has 138 valence electrons. The number of sulfone groups is 1. The number of nitrogens with zero attached hydrogens (tertiary/aromatic N) is 1. The van der Waals surface area contributed by atoms with Gasteiger partial charge in [0.1, 0.15) is 0 Å². The van der Waals surface area contributed by atoms with Crippen molar-refractivity contribution in [2.75, 3.05) is 13.1 Å². The van der Waals surface area contributed by atoms with E-state index in [-0.39, 0.29) is 24.4 Å². The van der Waals surface area contributed by atoms with Gasteiger partial charge in [-0.05, 0) is 36.6 Å². The van der Waals surface area contributed by atoms with Gasteiger partial charge in [0, 0.05) is 18.7 Å². The average Bonchev–Trinajstić information content (AvgIpc) is 2.64. The molecule has 0 atom stereocenters. The second-order valence-corrected chi connectivity index (χ2v) is 8.69. The summed E-state index contributed by atoms with van der Waals surface area (Å²) in [5.74, 6) is -2.51. The fourth-order valence-corrected chi connectivity index (χ4v) is 4.98. The molecule has 1 aliphatic heterocycles. The fourth-order valence-electron chi connectivity index (χ4n) is 3.15. The lowest BCUT2D eigenvalue weighted by Crippen LogP contribution is -2.42. The monoisotopic (exact) mass is 379 g/mol. The summed E-state index contributed by atoms with van der Waals surface area (Å²) >= 11 is 0. The topological polar surface area (TPSA) is 54.5 Å². The van der Waals surface area contributed by atoms with Crippen LogP contribution in [0.5, 0.6) is 0 Å². The molecule has 0 aliphatic carbocycles. The Labute approximate surface area is 151 Å². The maximum Gasteiger partial charge on any atom is 0.253 e. The lowest BCUT2D eigenvalue weighted by Gasteiger charge is -2.31. The second kappa shape index (κ2) is 7.53. The predicted molar refractivity (Wildman–Crippen MR) is 94.3 cm³/mol. The minimum Gasteiger partial charge on any atom is -0.339 e. The molecule has 2 aromatic carbocycles. The van der Waals surface area contributed by atoms with Crippen LogP contribution in [-0.4, -0.2) is 37.6 Å². The van der Waals surface area contributed by atoms with Gasteiger partial charge in [-0.25, -0.2) is 17.2 Å². The average molecular weight is 379 g/mol. The van der Waals surface area contributed by atoms with Gasteiger partial charge in [-0.15, -0.1) is 0 Å². The molecule has 26 heavy (non-hydrogen) atoms. The first-order valence-corrected chi connectivity index (χ1v) is 10.1. The van der Waals surface area contributed by atoms with Gasteiger partial charge in [-0.1, -0.05) is 30.3 Å².